The number of pyridine rings is 1. The first kappa shape index (κ1) is 22.7. The minimum absolute atomic E-state index is 0.269. The lowest BCUT2D eigenvalue weighted by atomic mass is 9.97. The van der Waals surface area contributed by atoms with Crippen LogP contribution in [-0.2, 0) is 0 Å². The third-order valence-electron chi connectivity index (χ3n) is 5.67. The molecule has 1 N–H and O–H groups in total. The molecule has 4 rings (SSSR count). The van der Waals surface area contributed by atoms with Crippen molar-refractivity contribution in [2.75, 3.05) is 7.05 Å². The number of benzene rings is 2. The lowest BCUT2D eigenvalue weighted by molar-refractivity contribution is 0.630. The minimum Gasteiger partial charge on any atom is -0.347 e. The van der Waals surface area contributed by atoms with Crippen molar-refractivity contribution < 1.29 is 4.39 Å². The van der Waals surface area contributed by atoms with Gasteiger partial charge in [0.2, 0.25) is 0 Å². The molecule has 2 aromatic carbocycles. The topological polar surface area (TPSA) is 41.7 Å². The fraction of sp³-hybridized carbons (Fsp3) is 0.185. The molecule has 0 fully saturated rings. The highest BCUT2D eigenvalue weighted by molar-refractivity contribution is 6.32. The van der Waals surface area contributed by atoms with Crippen molar-refractivity contribution in [3.05, 3.63) is 94.7 Å². The molecule has 0 bridgehead atoms. The molecular formula is C27H26ClFN4. The quantitative estimate of drug-likeness (QED) is 0.256. The Bertz CT molecular complexity index is 1380. The third-order valence-corrected chi connectivity index (χ3v) is 6.04. The highest BCUT2D eigenvalue weighted by Crippen LogP contribution is 2.37. The SMILES string of the molecule is CCC(C)=CNC(=NC)c1ccn2c(Cl)c(-c3ccccc3-c3ccc(C)cc3F)nc2c1. The van der Waals surface area contributed by atoms with Crippen LogP contribution in [-0.4, -0.2) is 22.3 Å². The smallest absolute Gasteiger partial charge is 0.141 e. The molecule has 2 aromatic heterocycles. The fourth-order valence-corrected chi connectivity index (χ4v) is 3.95. The van der Waals surface area contributed by atoms with Gasteiger partial charge >= 0.3 is 0 Å². The molecule has 0 aliphatic rings. The Morgan fingerprint density at radius 3 is 2.58 bits per heavy atom. The number of aliphatic imine (C=N–C) groups is 1. The van der Waals surface area contributed by atoms with E-state index in [0.29, 0.717) is 22.1 Å². The van der Waals surface area contributed by atoms with E-state index in [1.54, 1.807) is 13.1 Å². The van der Waals surface area contributed by atoms with Crippen LogP contribution >= 0.6 is 11.6 Å². The van der Waals surface area contributed by atoms with Crippen molar-refractivity contribution in [2.24, 2.45) is 4.99 Å². The van der Waals surface area contributed by atoms with E-state index in [4.69, 9.17) is 16.6 Å². The van der Waals surface area contributed by atoms with Gasteiger partial charge in [0, 0.05) is 36.1 Å². The van der Waals surface area contributed by atoms with Crippen LogP contribution in [0.4, 0.5) is 4.39 Å². The number of hydrogen-bond donors (Lipinski definition) is 1. The van der Waals surface area contributed by atoms with Gasteiger partial charge in [-0.05, 0) is 49.6 Å². The number of nitrogens with zero attached hydrogens (tertiary/aromatic N) is 3. The summed E-state index contributed by atoms with van der Waals surface area (Å²) in [5.41, 5.74) is 6.34. The molecule has 4 nitrogen and oxygen atoms in total. The molecule has 168 valence electrons. The van der Waals surface area contributed by atoms with E-state index in [0.717, 1.165) is 34.5 Å². The first-order valence-corrected chi connectivity index (χ1v) is 11.2. The van der Waals surface area contributed by atoms with Gasteiger partial charge in [-0.15, -0.1) is 0 Å². The van der Waals surface area contributed by atoms with Gasteiger partial charge < -0.3 is 5.32 Å². The van der Waals surface area contributed by atoms with E-state index in [-0.39, 0.29) is 5.82 Å². The molecule has 0 saturated heterocycles. The average Bonchev–Trinajstić information content (AvgIpc) is 3.15. The molecule has 33 heavy (non-hydrogen) atoms. The summed E-state index contributed by atoms with van der Waals surface area (Å²) >= 11 is 6.75. The van der Waals surface area contributed by atoms with Crippen LogP contribution in [0.2, 0.25) is 5.15 Å². The van der Waals surface area contributed by atoms with E-state index in [9.17, 15) is 4.39 Å². The van der Waals surface area contributed by atoms with Gasteiger partial charge in [0.25, 0.3) is 0 Å². The third kappa shape index (κ3) is 4.55. The molecule has 4 aromatic rings. The van der Waals surface area contributed by atoms with E-state index in [1.165, 1.54) is 11.6 Å². The Hall–Kier alpha value is -3.44. The molecule has 0 aliphatic carbocycles. The monoisotopic (exact) mass is 460 g/mol. The molecule has 0 saturated carbocycles. The zero-order valence-corrected chi connectivity index (χ0v) is 19.9. The van der Waals surface area contributed by atoms with Gasteiger partial charge in [-0.25, -0.2) is 9.37 Å². The van der Waals surface area contributed by atoms with Crippen LogP contribution in [0.15, 0.2) is 77.6 Å². The van der Waals surface area contributed by atoms with Crippen LogP contribution in [0.3, 0.4) is 0 Å². The standard InChI is InChI=1S/C27H26ClFN4/c1-5-17(2)16-31-27(30-4)19-12-13-33-24(15-19)32-25(26(33)28)22-9-7-6-8-20(22)21-11-10-18(3)14-23(21)29/h6-16H,5H2,1-4H3,(H,30,31). The Labute approximate surface area is 198 Å². The molecule has 0 atom stereocenters. The number of halogens is 2. The average molecular weight is 461 g/mol. The number of amidine groups is 1. The predicted molar refractivity (Wildman–Crippen MR) is 135 cm³/mol. The minimum atomic E-state index is -0.269. The maximum Gasteiger partial charge on any atom is 0.141 e. The van der Waals surface area contributed by atoms with Crippen molar-refractivity contribution in [1.82, 2.24) is 14.7 Å². The number of nitrogens with one attached hydrogen (secondary N) is 1. The molecule has 0 amide bonds. The number of aromatic nitrogens is 2. The Balaban J connectivity index is 1.80. The molecule has 6 heteroatoms. The number of aryl methyl sites for hydroxylation is 1. The number of rotatable bonds is 5. The number of imidazole rings is 1. The van der Waals surface area contributed by atoms with Gasteiger partial charge in [-0.3, -0.25) is 9.39 Å². The summed E-state index contributed by atoms with van der Waals surface area (Å²) in [6.07, 6.45) is 4.80. The molecule has 0 unspecified atom stereocenters. The number of hydrogen-bond acceptors (Lipinski definition) is 2. The first-order valence-electron chi connectivity index (χ1n) is 10.9. The van der Waals surface area contributed by atoms with Crippen molar-refractivity contribution in [1.29, 1.82) is 0 Å². The molecular weight excluding hydrogens is 435 g/mol. The zero-order chi connectivity index (χ0) is 23.5. The van der Waals surface area contributed by atoms with Gasteiger partial charge in [-0.2, -0.15) is 0 Å². The maximum absolute atomic E-state index is 14.8. The van der Waals surface area contributed by atoms with Crippen molar-refractivity contribution in [3.63, 3.8) is 0 Å². The van der Waals surface area contributed by atoms with E-state index >= 15 is 0 Å². The van der Waals surface area contributed by atoms with E-state index in [2.05, 4.69) is 24.2 Å². The lowest BCUT2D eigenvalue weighted by Crippen LogP contribution is -2.19. The molecule has 0 spiro atoms. The lowest BCUT2D eigenvalue weighted by Gasteiger charge is -2.10. The van der Waals surface area contributed by atoms with Crippen LogP contribution in [0.5, 0.6) is 0 Å². The second-order valence-electron chi connectivity index (χ2n) is 7.98. The summed E-state index contributed by atoms with van der Waals surface area (Å²) in [5.74, 6) is 0.475. The van der Waals surface area contributed by atoms with Gasteiger partial charge in [0.15, 0.2) is 0 Å². The number of allylic oxidation sites excluding steroid dienone is 1. The summed E-state index contributed by atoms with van der Waals surface area (Å²) in [6.45, 7) is 6.05. The molecule has 0 radical (unpaired) electrons. The number of fused-ring (bicyclic) bond motifs is 1. The summed E-state index contributed by atoms with van der Waals surface area (Å²) in [6, 6.07) is 16.7. The van der Waals surface area contributed by atoms with Crippen molar-refractivity contribution in [2.45, 2.75) is 27.2 Å². The van der Waals surface area contributed by atoms with Crippen LogP contribution in [0, 0.1) is 12.7 Å². The van der Waals surface area contributed by atoms with Crippen LogP contribution in [0.25, 0.3) is 28.0 Å². The van der Waals surface area contributed by atoms with Crippen LogP contribution < -0.4 is 5.32 Å². The summed E-state index contributed by atoms with van der Waals surface area (Å²) in [4.78, 5) is 9.19. The van der Waals surface area contributed by atoms with E-state index < -0.39 is 0 Å². The normalized spacial score (nSPS) is 12.4. The van der Waals surface area contributed by atoms with Gasteiger partial charge in [0.1, 0.15) is 28.1 Å². The summed E-state index contributed by atoms with van der Waals surface area (Å²) < 4.78 is 16.6. The van der Waals surface area contributed by atoms with E-state index in [1.807, 2.05) is 66.2 Å². The Morgan fingerprint density at radius 1 is 1.12 bits per heavy atom. The van der Waals surface area contributed by atoms with Crippen molar-refractivity contribution in [3.8, 4) is 22.4 Å². The van der Waals surface area contributed by atoms with Gasteiger partial charge in [-0.1, -0.05) is 60.5 Å². The Morgan fingerprint density at radius 2 is 1.88 bits per heavy atom. The Kier molecular flexibility index (Phi) is 6.61. The largest absolute Gasteiger partial charge is 0.347 e. The van der Waals surface area contributed by atoms with Crippen LogP contribution in [0.1, 0.15) is 31.4 Å². The summed E-state index contributed by atoms with van der Waals surface area (Å²) in [7, 11) is 1.75. The highest BCUT2D eigenvalue weighted by Gasteiger charge is 2.18. The second kappa shape index (κ2) is 9.59. The van der Waals surface area contributed by atoms with Crippen molar-refractivity contribution >= 4 is 23.1 Å². The first-order chi connectivity index (χ1) is 15.9. The highest BCUT2D eigenvalue weighted by atomic mass is 35.5. The predicted octanol–water partition coefficient (Wildman–Crippen LogP) is 7.05. The maximum atomic E-state index is 14.8. The summed E-state index contributed by atoms with van der Waals surface area (Å²) in [5, 5.41) is 3.75. The fourth-order valence-electron chi connectivity index (χ4n) is 3.67. The zero-order valence-electron chi connectivity index (χ0n) is 19.2. The molecule has 0 aliphatic heterocycles. The van der Waals surface area contributed by atoms with Gasteiger partial charge in [0.05, 0.1) is 0 Å². The second-order valence-corrected chi connectivity index (χ2v) is 8.34. The molecule has 2 heterocycles.